The molecule has 2 aliphatic rings. The molecule has 0 saturated heterocycles. The Labute approximate surface area is 222 Å². The van der Waals surface area contributed by atoms with E-state index < -0.39 is 0 Å². The summed E-state index contributed by atoms with van der Waals surface area (Å²) in [4.78, 5) is 13.0. The normalized spacial score (nSPS) is 17.2. The largest absolute Gasteiger partial charge is 0.493 e. The van der Waals surface area contributed by atoms with Crippen molar-refractivity contribution in [2.45, 2.75) is 57.0 Å². The van der Waals surface area contributed by atoms with Gasteiger partial charge in [0.15, 0.2) is 22.4 Å². The van der Waals surface area contributed by atoms with Crippen LogP contribution in [-0.2, 0) is 6.42 Å². The van der Waals surface area contributed by atoms with E-state index in [0.29, 0.717) is 46.3 Å². The number of halogens is 1. The lowest BCUT2D eigenvalue weighted by atomic mass is 9.95. The van der Waals surface area contributed by atoms with Crippen LogP contribution in [0.5, 0.6) is 23.0 Å². The maximum absolute atomic E-state index is 13.0. The molecule has 0 aliphatic heterocycles. The van der Waals surface area contributed by atoms with Gasteiger partial charge < -0.3 is 29.6 Å². The predicted octanol–water partition coefficient (Wildman–Crippen LogP) is 5.19. The molecule has 1 saturated carbocycles. The number of ether oxygens (including phenoxy) is 4. The molecule has 0 bridgehead atoms. The maximum atomic E-state index is 13.0. The number of benzene rings is 1. The van der Waals surface area contributed by atoms with Gasteiger partial charge in [-0.2, -0.15) is 0 Å². The van der Waals surface area contributed by atoms with Crippen molar-refractivity contribution in [1.82, 2.24) is 10.6 Å². The van der Waals surface area contributed by atoms with Crippen molar-refractivity contribution in [2.24, 2.45) is 0 Å². The number of nitrogens with one attached hydrogen (secondary N) is 2. The Kier molecular flexibility index (Phi) is 8.46. The fraction of sp³-hybridized carbons (Fsp3) is 0.481. The summed E-state index contributed by atoms with van der Waals surface area (Å²) in [6, 6.07) is 5.30. The SMILES string of the molecule is COc1c(Cl)c2c(c(OC)c1OC)-c1ccc(OC)c(=O)cc1[C@@H](NC(=S)NC1CCCCC1)CC2. The van der Waals surface area contributed by atoms with Crippen molar-refractivity contribution in [3.8, 4) is 34.1 Å². The summed E-state index contributed by atoms with van der Waals surface area (Å²) in [6.45, 7) is 0. The molecule has 1 atom stereocenters. The van der Waals surface area contributed by atoms with Gasteiger partial charge in [-0.3, -0.25) is 4.79 Å². The summed E-state index contributed by atoms with van der Waals surface area (Å²) >= 11 is 12.6. The average molecular weight is 533 g/mol. The van der Waals surface area contributed by atoms with Crippen LogP contribution in [0.3, 0.4) is 0 Å². The molecule has 0 amide bonds. The lowest BCUT2D eigenvalue weighted by Crippen LogP contribution is -2.44. The van der Waals surface area contributed by atoms with Gasteiger partial charge in [-0.05, 0) is 66.7 Å². The quantitative estimate of drug-likeness (QED) is 0.492. The molecule has 7 nitrogen and oxygen atoms in total. The van der Waals surface area contributed by atoms with E-state index in [-0.39, 0.29) is 17.2 Å². The second-order valence-corrected chi connectivity index (χ2v) is 9.88. The zero-order chi connectivity index (χ0) is 25.8. The van der Waals surface area contributed by atoms with E-state index in [1.807, 2.05) is 6.07 Å². The fourth-order valence-electron chi connectivity index (χ4n) is 5.32. The van der Waals surface area contributed by atoms with Gasteiger partial charge in [0, 0.05) is 11.6 Å². The Morgan fingerprint density at radius 3 is 2.25 bits per heavy atom. The summed E-state index contributed by atoms with van der Waals surface area (Å²) in [5, 5.41) is 8.01. The van der Waals surface area contributed by atoms with E-state index in [1.165, 1.54) is 26.4 Å². The van der Waals surface area contributed by atoms with E-state index in [4.69, 9.17) is 42.8 Å². The number of thiocarbonyl (C=S) groups is 1. The lowest BCUT2D eigenvalue weighted by molar-refractivity contribution is 0.325. The van der Waals surface area contributed by atoms with Crippen molar-refractivity contribution >= 4 is 28.9 Å². The lowest BCUT2D eigenvalue weighted by Gasteiger charge is -2.27. The number of hydrogen-bond donors (Lipinski definition) is 2. The van der Waals surface area contributed by atoms with Crippen molar-refractivity contribution in [2.75, 3.05) is 28.4 Å². The van der Waals surface area contributed by atoms with Gasteiger partial charge >= 0.3 is 0 Å². The molecule has 2 N–H and O–H groups in total. The molecule has 2 aromatic carbocycles. The van der Waals surface area contributed by atoms with Gasteiger partial charge in [0.25, 0.3) is 0 Å². The predicted molar refractivity (Wildman–Crippen MR) is 146 cm³/mol. The minimum absolute atomic E-state index is 0.217. The zero-order valence-corrected chi connectivity index (χ0v) is 22.7. The summed E-state index contributed by atoms with van der Waals surface area (Å²) in [5.41, 5.74) is 2.99. The third-order valence-electron chi connectivity index (χ3n) is 7.05. The second kappa shape index (κ2) is 11.6. The Balaban J connectivity index is 1.87. The van der Waals surface area contributed by atoms with Gasteiger partial charge in [-0.1, -0.05) is 36.9 Å². The second-order valence-electron chi connectivity index (χ2n) is 9.09. The maximum Gasteiger partial charge on any atom is 0.220 e. The summed E-state index contributed by atoms with van der Waals surface area (Å²) in [7, 11) is 6.16. The molecule has 0 heterocycles. The van der Waals surface area contributed by atoms with Crippen molar-refractivity contribution < 1.29 is 18.9 Å². The summed E-state index contributed by atoms with van der Waals surface area (Å²) in [6.07, 6.45) is 7.16. The fourth-order valence-corrected chi connectivity index (χ4v) is 5.98. The van der Waals surface area contributed by atoms with Crippen LogP contribution in [0.1, 0.15) is 55.7 Å². The third-order valence-corrected chi connectivity index (χ3v) is 7.69. The molecule has 4 rings (SSSR count). The molecule has 0 radical (unpaired) electrons. The highest BCUT2D eigenvalue weighted by atomic mass is 35.5. The Bertz CT molecular complexity index is 1200. The summed E-state index contributed by atoms with van der Waals surface area (Å²) in [5.74, 6) is 1.56. The van der Waals surface area contributed by atoms with Gasteiger partial charge in [0.2, 0.25) is 11.2 Å². The first-order valence-electron chi connectivity index (χ1n) is 12.2. The minimum atomic E-state index is -0.237. The highest BCUT2D eigenvalue weighted by molar-refractivity contribution is 7.80. The van der Waals surface area contributed by atoms with E-state index in [9.17, 15) is 4.79 Å². The van der Waals surface area contributed by atoms with Gasteiger partial charge in [0.05, 0.1) is 39.5 Å². The molecule has 0 aromatic heterocycles. The average Bonchev–Trinajstić information content (AvgIpc) is 3.13. The first kappa shape index (κ1) is 26.4. The van der Waals surface area contributed by atoms with E-state index in [1.54, 1.807) is 33.5 Å². The van der Waals surface area contributed by atoms with Crippen molar-refractivity contribution in [3.63, 3.8) is 0 Å². The van der Waals surface area contributed by atoms with E-state index >= 15 is 0 Å². The Morgan fingerprint density at radius 2 is 1.61 bits per heavy atom. The van der Waals surface area contributed by atoms with Crippen LogP contribution >= 0.6 is 23.8 Å². The van der Waals surface area contributed by atoms with Crippen LogP contribution in [-0.4, -0.2) is 39.6 Å². The smallest absolute Gasteiger partial charge is 0.220 e. The first-order chi connectivity index (χ1) is 17.4. The van der Waals surface area contributed by atoms with Crippen LogP contribution in [0.15, 0.2) is 23.0 Å². The Morgan fingerprint density at radius 1 is 0.917 bits per heavy atom. The minimum Gasteiger partial charge on any atom is -0.493 e. The highest BCUT2D eigenvalue weighted by Crippen LogP contribution is 2.54. The van der Waals surface area contributed by atoms with Gasteiger partial charge in [-0.25, -0.2) is 0 Å². The molecule has 0 spiro atoms. The highest BCUT2D eigenvalue weighted by Gasteiger charge is 2.32. The molecule has 36 heavy (non-hydrogen) atoms. The molecular formula is C27H33ClN2O5S. The number of rotatable bonds is 6. The summed E-state index contributed by atoms with van der Waals surface area (Å²) < 4.78 is 22.5. The topological polar surface area (TPSA) is 78.0 Å². The van der Waals surface area contributed by atoms with Crippen LogP contribution in [0, 0.1) is 0 Å². The number of methoxy groups -OCH3 is 4. The standard InChI is InChI=1S/C27H33ClN2O5S/c1-32-21-13-11-16-18(14-20(21)31)19(30-27(36)29-15-8-6-5-7-9-15)12-10-17-22(16)24(33-2)26(35-4)25(34-3)23(17)28/h11,13-15,19H,5-10,12H2,1-4H3,(H2,29,30,36)/t19-/m0/s1. The Hall–Kier alpha value is -2.71. The third kappa shape index (κ3) is 5.06. The molecule has 194 valence electrons. The number of fused-ring (bicyclic) bond motifs is 3. The molecule has 1 fully saturated rings. The van der Waals surface area contributed by atoms with E-state index in [0.717, 1.165) is 35.1 Å². The van der Waals surface area contributed by atoms with Crippen molar-refractivity contribution in [3.05, 3.63) is 44.6 Å². The van der Waals surface area contributed by atoms with Crippen LogP contribution < -0.4 is 35.0 Å². The van der Waals surface area contributed by atoms with Gasteiger partial charge in [0.1, 0.15) is 0 Å². The van der Waals surface area contributed by atoms with E-state index in [2.05, 4.69) is 10.6 Å². The molecule has 2 aromatic rings. The van der Waals surface area contributed by atoms with Gasteiger partial charge in [-0.15, -0.1) is 0 Å². The van der Waals surface area contributed by atoms with Crippen LogP contribution in [0.4, 0.5) is 0 Å². The zero-order valence-electron chi connectivity index (χ0n) is 21.2. The molecular weight excluding hydrogens is 500 g/mol. The molecule has 0 unspecified atom stereocenters. The van der Waals surface area contributed by atoms with Crippen LogP contribution in [0.25, 0.3) is 11.1 Å². The number of hydrogen-bond acceptors (Lipinski definition) is 6. The first-order valence-corrected chi connectivity index (χ1v) is 13.0. The molecule has 9 heteroatoms. The monoisotopic (exact) mass is 532 g/mol. The van der Waals surface area contributed by atoms with Crippen molar-refractivity contribution in [1.29, 1.82) is 0 Å². The van der Waals surface area contributed by atoms with Crippen LogP contribution in [0.2, 0.25) is 5.02 Å². The molecule has 2 aliphatic carbocycles.